The molecule has 2 heterocycles. The van der Waals surface area contributed by atoms with Crippen molar-refractivity contribution in [1.29, 1.82) is 0 Å². The fourth-order valence-corrected chi connectivity index (χ4v) is 5.51. The van der Waals surface area contributed by atoms with E-state index in [1.807, 2.05) is 20.8 Å². The Morgan fingerprint density at radius 1 is 1.02 bits per heavy atom. The Bertz CT molecular complexity index is 1060. The van der Waals surface area contributed by atoms with Crippen LogP contribution < -0.4 is 5.32 Å². The van der Waals surface area contributed by atoms with Gasteiger partial charge in [-0.05, 0) is 55.2 Å². The topological polar surface area (TPSA) is 140 Å². The summed E-state index contributed by atoms with van der Waals surface area (Å²) >= 11 is 0. The normalized spacial score (nSPS) is 21.8. The summed E-state index contributed by atoms with van der Waals surface area (Å²) < 4.78 is 0. The molecule has 0 spiro atoms. The number of hydrogen-bond donors (Lipinski definition) is 3. The Morgan fingerprint density at radius 2 is 1.71 bits per heavy atom. The van der Waals surface area contributed by atoms with Crippen molar-refractivity contribution in [2.24, 2.45) is 11.8 Å². The molecule has 41 heavy (non-hydrogen) atoms. The number of phenols is 1. The molecule has 11 nitrogen and oxygen atoms in total. The quantitative estimate of drug-likeness (QED) is 0.305. The number of unbranched alkanes of at least 4 members (excludes halogenated alkanes) is 1. The van der Waals surface area contributed by atoms with E-state index < -0.39 is 42.3 Å². The molecular weight excluding hydrogens is 528 g/mol. The number of carbonyl (C=O) groups excluding carboxylic acids is 3. The number of phenolic OH excluding ortho intramolecular Hbond substituents is 1. The first-order valence-electron chi connectivity index (χ1n) is 14.8. The molecule has 1 aromatic rings. The molecule has 0 bridgehead atoms. The maximum Gasteiger partial charge on any atom is 0.433 e. The second kappa shape index (κ2) is 14.5. The van der Waals surface area contributed by atoms with Crippen LogP contribution in [0, 0.1) is 11.8 Å². The number of hydroxylamine groups is 2. The van der Waals surface area contributed by atoms with Gasteiger partial charge in [-0.2, -0.15) is 5.06 Å². The number of nitrogens with zero attached hydrogens (tertiary/aromatic N) is 3. The van der Waals surface area contributed by atoms with Crippen molar-refractivity contribution in [2.75, 3.05) is 13.1 Å². The number of hydrogen-bond acceptors (Lipinski definition) is 6. The van der Waals surface area contributed by atoms with Crippen LogP contribution in [0.15, 0.2) is 24.3 Å². The molecule has 4 unspecified atom stereocenters. The van der Waals surface area contributed by atoms with Gasteiger partial charge in [0.2, 0.25) is 11.8 Å². The van der Waals surface area contributed by atoms with E-state index >= 15 is 0 Å². The molecule has 3 rings (SSSR count). The fourth-order valence-electron chi connectivity index (χ4n) is 5.51. The number of aromatic hydroxyl groups is 1. The summed E-state index contributed by atoms with van der Waals surface area (Å²) in [6, 6.07) is 4.46. The highest BCUT2D eigenvalue weighted by molar-refractivity contribution is 5.95. The summed E-state index contributed by atoms with van der Waals surface area (Å²) in [7, 11) is 0. The lowest BCUT2D eigenvalue weighted by molar-refractivity contribution is -0.267. The zero-order valence-electron chi connectivity index (χ0n) is 24.9. The van der Waals surface area contributed by atoms with Crippen LogP contribution in [0.25, 0.3) is 0 Å². The van der Waals surface area contributed by atoms with Crippen molar-refractivity contribution < 1.29 is 34.2 Å². The maximum absolute atomic E-state index is 14.2. The van der Waals surface area contributed by atoms with E-state index in [9.17, 15) is 29.4 Å². The number of nitrogens with one attached hydrogen (secondary N) is 1. The highest BCUT2D eigenvalue weighted by Crippen LogP contribution is 2.32. The van der Waals surface area contributed by atoms with Crippen molar-refractivity contribution in [3.63, 3.8) is 0 Å². The summed E-state index contributed by atoms with van der Waals surface area (Å²) in [5.41, 5.74) is 0.687. The molecule has 0 radical (unpaired) electrons. The lowest BCUT2D eigenvalue weighted by Gasteiger charge is -2.53. The molecule has 1 aromatic carbocycles. The van der Waals surface area contributed by atoms with Crippen LogP contribution in [0.4, 0.5) is 4.79 Å². The van der Waals surface area contributed by atoms with Gasteiger partial charge in [0.25, 0.3) is 5.91 Å². The molecule has 4 atom stereocenters. The molecule has 2 aliphatic rings. The first-order valence-corrected chi connectivity index (χ1v) is 14.8. The van der Waals surface area contributed by atoms with Gasteiger partial charge < -0.3 is 25.3 Å². The molecule has 11 heteroatoms. The average Bonchev–Trinajstić information content (AvgIpc) is 2.91. The Morgan fingerprint density at radius 3 is 2.29 bits per heavy atom. The summed E-state index contributed by atoms with van der Waals surface area (Å²) in [6.07, 6.45) is 0.527. The SMILES string of the molecule is CCCCC(C(=O)NCCCC(C)C)N1CC2N(C(=O)O)OC(CC(C)C)C(=O)N2C(Cc2ccc(O)cc2)C1=O. The highest BCUT2D eigenvalue weighted by Gasteiger charge is 2.54. The number of benzene rings is 1. The Labute approximate surface area is 242 Å². The van der Waals surface area contributed by atoms with Gasteiger partial charge >= 0.3 is 6.09 Å². The molecule has 4 amide bonds. The largest absolute Gasteiger partial charge is 0.508 e. The van der Waals surface area contributed by atoms with Gasteiger partial charge in [0, 0.05) is 13.0 Å². The Balaban J connectivity index is 2.00. The predicted octanol–water partition coefficient (Wildman–Crippen LogP) is 3.75. The molecule has 228 valence electrons. The number of amides is 4. The number of carbonyl (C=O) groups is 4. The number of fused-ring (bicyclic) bond motifs is 1. The summed E-state index contributed by atoms with van der Waals surface area (Å²) in [4.78, 5) is 62.4. The highest BCUT2D eigenvalue weighted by atomic mass is 16.7. The molecule has 2 aliphatic heterocycles. The Hall–Kier alpha value is -3.34. The van der Waals surface area contributed by atoms with Gasteiger partial charge in [0.1, 0.15) is 17.8 Å². The van der Waals surface area contributed by atoms with Crippen LogP contribution in [0.2, 0.25) is 0 Å². The third-order valence-electron chi connectivity index (χ3n) is 7.63. The first-order chi connectivity index (χ1) is 19.4. The van der Waals surface area contributed by atoms with Crippen LogP contribution in [0.3, 0.4) is 0 Å². The molecule has 0 saturated carbocycles. The zero-order chi connectivity index (χ0) is 30.3. The van der Waals surface area contributed by atoms with Crippen LogP contribution in [0.1, 0.15) is 78.7 Å². The summed E-state index contributed by atoms with van der Waals surface area (Å²) in [5, 5.41) is 23.6. The maximum atomic E-state index is 14.2. The van der Waals surface area contributed by atoms with Gasteiger partial charge in [-0.1, -0.05) is 59.6 Å². The molecule has 3 N–H and O–H groups in total. The van der Waals surface area contributed by atoms with Gasteiger partial charge in [0.15, 0.2) is 12.3 Å². The van der Waals surface area contributed by atoms with E-state index in [0.717, 1.165) is 24.3 Å². The minimum atomic E-state index is -1.37. The van der Waals surface area contributed by atoms with Crippen molar-refractivity contribution in [3.8, 4) is 5.75 Å². The molecule has 0 aliphatic carbocycles. The zero-order valence-corrected chi connectivity index (χ0v) is 24.9. The van der Waals surface area contributed by atoms with Crippen LogP contribution >= 0.6 is 0 Å². The van der Waals surface area contributed by atoms with Crippen LogP contribution in [-0.4, -0.2) is 86.3 Å². The van der Waals surface area contributed by atoms with Gasteiger partial charge in [0.05, 0.1) is 6.54 Å². The van der Waals surface area contributed by atoms with Crippen molar-refractivity contribution in [1.82, 2.24) is 20.2 Å². The molecule has 0 aromatic heterocycles. The monoisotopic (exact) mass is 574 g/mol. The lowest BCUT2D eigenvalue weighted by Crippen LogP contribution is -2.75. The molecule has 2 fully saturated rings. The average molecular weight is 575 g/mol. The van der Waals surface area contributed by atoms with E-state index in [1.54, 1.807) is 12.1 Å². The third-order valence-corrected chi connectivity index (χ3v) is 7.63. The van der Waals surface area contributed by atoms with Crippen molar-refractivity contribution >= 4 is 23.8 Å². The van der Waals surface area contributed by atoms with Gasteiger partial charge in [-0.3, -0.25) is 19.2 Å². The smallest absolute Gasteiger partial charge is 0.433 e. The van der Waals surface area contributed by atoms with Gasteiger partial charge in [-0.15, -0.1) is 0 Å². The van der Waals surface area contributed by atoms with E-state index in [1.165, 1.54) is 21.9 Å². The minimum Gasteiger partial charge on any atom is -0.508 e. The Kier molecular flexibility index (Phi) is 11.4. The number of carboxylic acid groups (broad SMARTS) is 1. The van der Waals surface area contributed by atoms with Crippen molar-refractivity contribution in [3.05, 3.63) is 29.8 Å². The number of piperazine rings is 1. The third kappa shape index (κ3) is 8.12. The predicted molar refractivity (Wildman–Crippen MR) is 153 cm³/mol. The fraction of sp³-hybridized carbons (Fsp3) is 0.667. The van der Waals surface area contributed by atoms with Gasteiger partial charge in [-0.25, -0.2) is 4.79 Å². The van der Waals surface area contributed by atoms with Crippen molar-refractivity contribution in [2.45, 2.75) is 104 Å². The summed E-state index contributed by atoms with van der Waals surface area (Å²) in [5.74, 6) is -0.522. The molecular formula is C30H46N4O7. The van der Waals surface area contributed by atoms with E-state index in [-0.39, 0.29) is 37.0 Å². The van der Waals surface area contributed by atoms with E-state index in [0.29, 0.717) is 30.9 Å². The van der Waals surface area contributed by atoms with E-state index in [2.05, 4.69) is 19.2 Å². The van der Waals surface area contributed by atoms with Crippen LogP contribution in [0.5, 0.6) is 5.75 Å². The molecule has 2 saturated heterocycles. The second-order valence-electron chi connectivity index (χ2n) is 11.9. The lowest BCUT2D eigenvalue weighted by atomic mass is 9.94. The van der Waals surface area contributed by atoms with Crippen LogP contribution in [-0.2, 0) is 25.6 Å². The van der Waals surface area contributed by atoms with E-state index in [4.69, 9.17) is 4.84 Å². The summed E-state index contributed by atoms with van der Waals surface area (Å²) in [6.45, 7) is 10.3. The number of rotatable bonds is 13. The second-order valence-corrected chi connectivity index (χ2v) is 11.9. The standard InChI is InChI=1S/C30H46N4O7/c1-6-7-10-23(27(36)31-15-8-9-19(2)3)32-18-26-33(24(28(32)37)17-21-11-13-22(35)14-12-21)29(38)25(16-20(4)5)41-34(26)30(39)40/h11-14,19-20,23-26,35H,6-10,15-18H2,1-5H3,(H,31,36)(H,39,40). The first kappa shape index (κ1) is 32.2. The minimum absolute atomic E-state index is 0.0431.